The number of thioether (sulfide) groups is 1. The summed E-state index contributed by atoms with van der Waals surface area (Å²) in [5, 5.41) is 9.45. The van der Waals surface area contributed by atoms with Crippen molar-refractivity contribution in [3.63, 3.8) is 0 Å². The number of nitrogens with zero attached hydrogens (tertiary/aromatic N) is 3. The summed E-state index contributed by atoms with van der Waals surface area (Å²) in [7, 11) is 0. The molecule has 1 fully saturated rings. The number of carbonyl (C=O) groups excluding carboxylic acids is 1. The van der Waals surface area contributed by atoms with Crippen molar-refractivity contribution in [1.82, 2.24) is 14.9 Å². The molecule has 1 aromatic rings. The standard InChI is InChI=1S/C12H17N3O2S/c16-8-10-6-13-12(14-7-10)18-9-11(17)15-4-2-1-3-5-15/h6-7,16H,1-5,8-9H2. The lowest BCUT2D eigenvalue weighted by Gasteiger charge is -2.26. The monoisotopic (exact) mass is 267 g/mol. The van der Waals surface area contributed by atoms with E-state index in [1.165, 1.54) is 18.2 Å². The molecule has 98 valence electrons. The minimum Gasteiger partial charge on any atom is -0.392 e. The first-order valence-electron chi connectivity index (χ1n) is 6.12. The Balaban J connectivity index is 1.80. The summed E-state index contributed by atoms with van der Waals surface area (Å²) >= 11 is 1.35. The van der Waals surface area contributed by atoms with E-state index in [0.29, 0.717) is 16.5 Å². The number of likely N-dealkylation sites (tertiary alicyclic amines) is 1. The highest BCUT2D eigenvalue weighted by Crippen LogP contribution is 2.15. The summed E-state index contributed by atoms with van der Waals surface area (Å²) in [6.07, 6.45) is 6.61. The number of rotatable bonds is 4. The van der Waals surface area contributed by atoms with Gasteiger partial charge in [-0.25, -0.2) is 9.97 Å². The quantitative estimate of drug-likeness (QED) is 0.653. The summed E-state index contributed by atoms with van der Waals surface area (Å²) in [5.41, 5.74) is 0.682. The summed E-state index contributed by atoms with van der Waals surface area (Å²) in [6, 6.07) is 0. The molecule has 0 aromatic carbocycles. The lowest BCUT2D eigenvalue weighted by atomic mass is 10.1. The predicted molar refractivity (Wildman–Crippen MR) is 69.1 cm³/mol. The van der Waals surface area contributed by atoms with E-state index in [1.807, 2.05) is 4.90 Å². The molecule has 0 radical (unpaired) electrons. The maximum atomic E-state index is 11.9. The van der Waals surface area contributed by atoms with Crippen molar-refractivity contribution >= 4 is 17.7 Å². The number of carbonyl (C=O) groups is 1. The van der Waals surface area contributed by atoms with Gasteiger partial charge >= 0.3 is 0 Å². The van der Waals surface area contributed by atoms with Gasteiger partial charge in [-0.1, -0.05) is 11.8 Å². The molecular weight excluding hydrogens is 250 g/mol. The zero-order valence-electron chi connectivity index (χ0n) is 10.2. The molecule has 1 N–H and O–H groups in total. The van der Waals surface area contributed by atoms with Crippen LogP contribution in [-0.2, 0) is 11.4 Å². The number of piperidine rings is 1. The van der Waals surface area contributed by atoms with E-state index in [9.17, 15) is 4.79 Å². The molecule has 0 spiro atoms. The van der Waals surface area contributed by atoms with Crippen LogP contribution in [0.5, 0.6) is 0 Å². The molecule has 1 amide bonds. The minimum atomic E-state index is -0.0579. The number of aliphatic hydroxyl groups is 1. The average molecular weight is 267 g/mol. The van der Waals surface area contributed by atoms with Gasteiger partial charge in [-0.3, -0.25) is 4.79 Å². The van der Waals surface area contributed by atoms with Crippen LogP contribution in [0.2, 0.25) is 0 Å². The predicted octanol–water partition coefficient (Wildman–Crippen LogP) is 1.07. The van der Waals surface area contributed by atoms with Crippen molar-refractivity contribution in [2.45, 2.75) is 31.0 Å². The SMILES string of the molecule is O=C(CSc1ncc(CO)cn1)N1CCCCC1. The molecule has 0 saturated carbocycles. The molecule has 0 bridgehead atoms. The summed E-state index contributed by atoms with van der Waals surface area (Å²) in [5.74, 6) is 0.549. The Bertz CT molecular complexity index is 391. The molecule has 0 unspecified atom stereocenters. The first-order valence-corrected chi connectivity index (χ1v) is 7.10. The van der Waals surface area contributed by atoms with Gasteiger partial charge in [-0.15, -0.1) is 0 Å². The first kappa shape index (κ1) is 13.3. The first-order chi connectivity index (χ1) is 8.79. The average Bonchev–Trinajstić information content (AvgIpc) is 2.46. The molecule has 0 atom stereocenters. The largest absolute Gasteiger partial charge is 0.392 e. The second-order valence-corrected chi connectivity index (χ2v) is 5.20. The summed E-state index contributed by atoms with van der Waals surface area (Å²) in [4.78, 5) is 22.0. The van der Waals surface area contributed by atoms with E-state index in [2.05, 4.69) is 9.97 Å². The molecule has 18 heavy (non-hydrogen) atoms. The molecule has 5 nitrogen and oxygen atoms in total. The van der Waals surface area contributed by atoms with E-state index in [4.69, 9.17) is 5.11 Å². The van der Waals surface area contributed by atoms with Crippen LogP contribution in [0.25, 0.3) is 0 Å². The maximum Gasteiger partial charge on any atom is 0.233 e. The Hall–Kier alpha value is -1.14. The lowest BCUT2D eigenvalue weighted by molar-refractivity contribution is -0.129. The van der Waals surface area contributed by atoms with Crippen LogP contribution in [-0.4, -0.2) is 44.7 Å². The third-order valence-electron chi connectivity index (χ3n) is 2.90. The second-order valence-electron chi connectivity index (χ2n) is 4.26. The van der Waals surface area contributed by atoms with Crippen LogP contribution in [0, 0.1) is 0 Å². The number of amides is 1. The van der Waals surface area contributed by atoms with Crippen molar-refractivity contribution in [2.24, 2.45) is 0 Å². The smallest absolute Gasteiger partial charge is 0.233 e. The lowest BCUT2D eigenvalue weighted by Crippen LogP contribution is -2.36. The molecule has 6 heteroatoms. The number of hydrogen-bond acceptors (Lipinski definition) is 5. The Kier molecular flexibility index (Phi) is 4.95. The van der Waals surface area contributed by atoms with Gasteiger partial charge in [0, 0.05) is 31.0 Å². The fourth-order valence-electron chi connectivity index (χ4n) is 1.86. The Morgan fingerprint density at radius 2 is 1.94 bits per heavy atom. The van der Waals surface area contributed by atoms with E-state index < -0.39 is 0 Å². The zero-order valence-corrected chi connectivity index (χ0v) is 11.0. The summed E-state index contributed by atoms with van der Waals surface area (Å²) < 4.78 is 0. The third kappa shape index (κ3) is 3.68. The molecule has 1 aliphatic rings. The van der Waals surface area contributed by atoms with Gasteiger partial charge in [0.15, 0.2) is 5.16 Å². The van der Waals surface area contributed by atoms with Crippen LogP contribution in [0.3, 0.4) is 0 Å². The van der Waals surface area contributed by atoms with E-state index in [-0.39, 0.29) is 12.5 Å². The van der Waals surface area contributed by atoms with Gasteiger partial charge in [0.05, 0.1) is 12.4 Å². The Morgan fingerprint density at radius 1 is 1.28 bits per heavy atom. The topological polar surface area (TPSA) is 66.3 Å². The van der Waals surface area contributed by atoms with Gasteiger partial charge < -0.3 is 10.0 Å². The van der Waals surface area contributed by atoms with Crippen molar-refractivity contribution in [1.29, 1.82) is 0 Å². The van der Waals surface area contributed by atoms with Crippen LogP contribution >= 0.6 is 11.8 Å². The highest BCUT2D eigenvalue weighted by Gasteiger charge is 2.16. The molecule has 2 rings (SSSR count). The van der Waals surface area contributed by atoms with E-state index in [0.717, 1.165) is 25.9 Å². The van der Waals surface area contributed by atoms with Crippen LogP contribution in [0.15, 0.2) is 17.6 Å². The van der Waals surface area contributed by atoms with Gasteiger partial charge in [-0.05, 0) is 19.3 Å². The van der Waals surface area contributed by atoms with Crippen molar-refractivity contribution in [3.05, 3.63) is 18.0 Å². The normalized spacial score (nSPS) is 15.7. The fourth-order valence-corrected chi connectivity index (χ4v) is 2.55. The van der Waals surface area contributed by atoms with E-state index >= 15 is 0 Å². The molecule has 2 heterocycles. The highest BCUT2D eigenvalue weighted by molar-refractivity contribution is 7.99. The van der Waals surface area contributed by atoms with Gasteiger partial charge in [-0.2, -0.15) is 0 Å². The van der Waals surface area contributed by atoms with Crippen LogP contribution in [0.4, 0.5) is 0 Å². The molecule has 1 aliphatic heterocycles. The zero-order chi connectivity index (χ0) is 12.8. The Labute approximate surface area is 111 Å². The number of aromatic nitrogens is 2. The Morgan fingerprint density at radius 3 is 2.56 bits per heavy atom. The highest BCUT2D eigenvalue weighted by atomic mass is 32.2. The third-order valence-corrected chi connectivity index (χ3v) is 3.76. The minimum absolute atomic E-state index is 0.0579. The van der Waals surface area contributed by atoms with Gasteiger partial charge in [0.2, 0.25) is 5.91 Å². The van der Waals surface area contributed by atoms with E-state index in [1.54, 1.807) is 12.4 Å². The van der Waals surface area contributed by atoms with Crippen molar-refractivity contribution in [2.75, 3.05) is 18.8 Å². The molecule has 1 saturated heterocycles. The maximum absolute atomic E-state index is 11.9. The van der Waals surface area contributed by atoms with Crippen LogP contribution in [0.1, 0.15) is 24.8 Å². The van der Waals surface area contributed by atoms with Gasteiger partial charge in [0.1, 0.15) is 0 Å². The fraction of sp³-hybridized carbons (Fsp3) is 0.583. The van der Waals surface area contributed by atoms with Crippen molar-refractivity contribution in [3.8, 4) is 0 Å². The molecule has 1 aromatic heterocycles. The van der Waals surface area contributed by atoms with Crippen LogP contribution < -0.4 is 0 Å². The number of aliphatic hydroxyl groups excluding tert-OH is 1. The molecular formula is C12H17N3O2S. The van der Waals surface area contributed by atoms with Gasteiger partial charge in [0.25, 0.3) is 0 Å². The summed E-state index contributed by atoms with van der Waals surface area (Å²) in [6.45, 7) is 1.70. The molecule has 0 aliphatic carbocycles. The van der Waals surface area contributed by atoms with Crippen molar-refractivity contribution < 1.29 is 9.90 Å². The number of hydrogen-bond donors (Lipinski definition) is 1. The second kappa shape index (κ2) is 6.70.